The number of hydrogen-bond acceptors (Lipinski definition) is 7. The SMILES string of the molecule is Cc1ncc(COP(=O)(O)O)c(C=NC(CCCCN)C(=O)O)c1O.O.[Cu]. The van der Waals surface area contributed by atoms with E-state index in [1.165, 1.54) is 13.1 Å². The van der Waals surface area contributed by atoms with Crippen molar-refractivity contribution in [3.8, 4) is 5.75 Å². The molecule has 1 rings (SSSR count). The average molecular weight is 457 g/mol. The zero-order valence-corrected chi connectivity index (χ0v) is 16.3. The molecule has 8 N–H and O–H groups in total. The summed E-state index contributed by atoms with van der Waals surface area (Å²) in [5.41, 5.74) is 5.91. The minimum absolute atomic E-state index is 0. The molecule has 0 fully saturated rings. The summed E-state index contributed by atoms with van der Waals surface area (Å²) in [5.74, 6) is -1.38. The van der Waals surface area contributed by atoms with Crippen LogP contribution in [0.1, 0.15) is 36.1 Å². The number of aromatic hydroxyl groups is 1. The van der Waals surface area contributed by atoms with Crippen molar-refractivity contribution >= 4 is 20.0 Å². The number of unbranched alkanes of at least 4 members (excludes halogenated alkanes) is 1. The number of nitrogens with two attached hydrogens (primary N) is 1. The molecule has 13 heteroatoms. The molecule has 0 aliphatic heterocycles. The fraction of sp³-hybridized carbons (Fsp3) is 0.500. The Morgan fingerprint density at radius 1 is 1.44 bits per heavy atom. The summed E-state index contributed by atoms with van der Waals surface area (Å²) >= 11 is 0. The van der Waals surface area contributed by atoms with Crippen molar-refractivity contribution in [3.63, 3.8) is 0 Å². The molecule has 0 saturated carbocycles. The summed E-state index contributed by atoms with van der Waals surface area (Å²) < 4.78 is 15.2. The van der Waals surface area contributed by atoms with Crippen LogP contribution in [0.25, 0.3) is 0 Å². The number of aliphatic carboxylic acids is 1. The van der Waals surface area contributed by atoms with Gasteiger partial charge in [0.25, 0.3) is 0 Å². The number of pyridine rings is 1. The first-order chi connectivity index (χ1) is 11.7. The molecule has 11 nitrogen and oxygen atoms in total. The third-order valence-electron chi connectivity index (χ3n) is 3.35. The van der Waals surface area contributed by atoms with Crippen molar-refractivity contribution in [1.82, 2.24) is 4.98 Å². The van der Waals surface area contributed by atoms with Crippen LogP contribution in [0.4, 0.5) is 0 Å². The van der Waals surface area contributed by atoms with Gasteiger partial charge in [-0.05, 0) is 32.7 Å². The second kappa shape index (κ2) is 12.9. The molecule has 0 aromatic carbocycles. The molecule has 1 unspecified atom stereocenters. The summed E-state index contributed by atoms with van der Waals surface area (Å²) in [7, 11) is -4.71. The zero-order valence-electron chi connectivity index (χ0n) is 14.5. The Balaban J connectivity index is 0. The Morgan fingerprint density at radius 2 is 2.07 bits per heavy atom. The van der Waals surface area contributed by atoms with Gasteiger partial charge in [-0.2, -0.15) is 0 Å². The minimum Gasteiger partial charge on any atom is -0.505 e. The van der Waals surface area contributed by atoms with Crippen molar-refractivity contribution < 1.29 is 56.4 Å². The van der Waals surface area contributed by atoms with E-state index in [2.05, 4.69) is 14.5 Å². The summed E-state index contributed by atoms with van der Waals surface area (Å²) in [6.07, 6.45) is 3.96. The number of nitrogens with zero attached hydrogens (tertiary/aromatic N) is 2. The molecule has 1 aromatic heterocycles. The summed E-state index contributed by atoms with van der Waals surface area (Å²) in [5, 5.41) is 19.3. The first-order valence-electron chi connectivity index (χ1n) is 7.49. The molecule has 27 heavy (non-hydrogen) atoms. The van der Waals surface area contributed by atoms with Crippen molar-refractivity contribution in [2.45, 2.75) is 38.8 Å². The number of carbonyl (C=O) groups is 1. The van der Waals surface area contributed by atoms with Gasteiger partial charge in [0, 0.05) is 40.6 Å². The fourth-order valence-corrected chi connectivity index (χ4v) is 2.28. The van der Waals surface area contributed by atoms with Gasteiger partial charge in [0.1, 0.15) is 11.8 Å². The zero-order chi connectivity index (χ0) is 19.0. The second-order valence-corrected chi connectivity index (χ2v) is 6.55. The standard InChI is InChI=1S/C14H22N3O7P.Cu.H2O/c1-9-13(18)11(10(6-16-9)8-24-25(21,22)23)7-17-12(14(19)20)4-2-3-5-15;;/h6-7,12,18H,2-5,8,15H2,1H3,(H,19,20)(H2,21,22,23);;1H2. The van der Waals surface area contributed by atoms with Crippen LogP contribution in [0.5, 0.6) is 5.75 Å². The third kappa shape index (κ3) is 9.94. The number of aryl methyl sites for hydroxylation is 1. The number of carboxylic acid groups (broad SMARTS) is 1. The number of aliphatic imine (C=N–C) groups is 1. The maximum Gasteiger partial charge on any atom is 0.469 e. The molecular weight excluding hydrogens is 433 g/mol. The molecule has 0 saturated heterocycles. The quantitative estimate of drug-likeness (QED) is 0.137. The van der Waals surface area contributed by atoms with E-state index < -0.39 is 26.4 Å². The number of aromatic nitrogens is 1. The molecule has 159 valence electrons. The Hall–Kier alpha value is -1.36. The van der Waals surface area contributed by atoms with Gasteiger partial charge in [0.05, 0.1) is 12.3 Å². The van der Waals surface area contributed by atoms with Crippen LogP contribution in [0.3, 0.4) is 0 Å². The summed E-state index contributed by atoms with van der Waals surface area (Å²) in [4.78, 5) is 36.7. The molecule has 1 heterocycles. The van der Waals surface area contributed by atoms with Gasteiger partial charge in [0.15, 0.2) is 0 Å². The number of carboxylic acids is 1. The van der Waals surface area contributed by atoms with Crippen molar-refractivity contribution in [2.24, 2.45) is 10.7 Å². The van der Waals surface area contributed by atoms with E-state index in [1.807, 2.05) is 0 Å². The molecule has 0 amide bonds. The third-order valence-corrected chi connectivity index (χ3v) is 3.81. The average Bonchev–Trinajstić information content (AvgIpc) is 2.52. The largest absolute Gasteiger partial charge is 0.505 e. The van der Waals surface area contributed by atoms with Crippen LogP contribution in [0.15, 0.2) is 11.2 Å². The van der Waals surface area contributed by atoms with Gasteiger partial charge in [-0.25, -0.2) is 9.36 Å². The molecule has 0 spiro atoms. The molecule has 0 aliphatic carbocycles. The molecular formula is C14H24CuN3O8P. The molecule has 1 radical (unpaired) electrons. The maximum absolute atomic E-state index is 11.3. The second-order valence-electron chi connectivity index (χ2n) is 5.31. The van der Waals surface area contributed by atoms with Crippen LogP contribution < -0.4 is 5.73 Å². The van der Waals surface area contributed by atoms with E-state index in [4.69, 9.17) is 15.5 Å². The first-order valence-corrected chi connectivity index (χ1v) is 9.02. The van der Waals surface area contributed by atoms with Crippen molar-refractivity contribution in [3.05, 3.63) is 23.0 Å². The van der Waals surface area contributed by atoms with Gasteiger partial charge in [-0.15, -0.1) is 0 Å². The van der Waals surface area contributed by atoms with E-state index in [-0.39, 0.29) is 51.5 Å². The Bertz CT molecular complexity index is 683. The van der Waals surface area contributed by atoms with E-state index in [1.54, 1.807) is 0 Å². The predicted molar refractivity (Wildman–Crippen MR) is 93.0 cm³/mol. The van der Waals surface area contributed by atoms with Gasteiger partial charge in [0.2, 0.25) is 0 Å². The van der Waals surface area contributed by atoms with E-state index in [9.17, 15) is 19.6 Å². The Morgan fingerprint density at radius 3 is 2.59 bits per heavy atom. The van der Waals surface area contributed by atoms with Gasteiger partial charge in [-0.3, -0.25) is 14.5 Å². The van der Waals surface area contributed by atoms with Gasteiger partial charge in [-0.1, -0.05) is 0 Å². The number of hydrogen-bond donors (Lipinski definition) is 5. The van der Waals surface area contributed by atoms with E-state index >= 15 is 0 Å². The summed E-state index contributed by atoms with van der Waals surface area (Å²) in [6.45, 7) is 1.46. The van der Waals surface area contributed by atoms with E-state index in [0.29, 0.717) is 19.4 Å². The number of phosphoric acid groups is 1. The monoisotopic (exact) mass is 456 g/mol. The van der Waals surface area contributed by atoms with Crippen LogP contribution in [0, 0.1) is 6.92 Å². The van der Waals surface area contributed by atoms with Gasteiger partial charge >= 0.3 is 13.8 Å². The maximum atomic E-state index is 11.3. The van der Waals surface area contributed by atoms with E-state index in [0.717, 1.165) is 6.21 Å². The normalized spacial score (nSPS) is 12.3. The van der Waals surface area contributed by atoms with Crippen LogP contribution in [-0.2, 0) is 37.6 Å². The van der Waals surface area contributed by atoms with Crippen molar-refractivity contribution in [1.29, 1.82) is 0 Å². The molecule has 0 aliphatic rings. The topological polar surface area (TPSA) is 207 Å². The van der Waals surface area contributed by atoms with Crippen LogP contribution in [0.2, 0.25) is 0 Å². The minimum atomic E-state index is -4.71. The number of phosphoric ester groups is 1. The predicted octanol–water partition coefficient (Wildman–Crippen LogP) is -0.121. The smallest absolute Gasteiger partial charge is 0.469 e. The first kappa shape index (κ1) is 27.9. The van der Waals surface area contributed by atoms with Gasteiger partial charge < -0.3 is 31.2 Å². The van der Waals surface area contributed by atoms with Crippen LogP contribution >= 0.6 is 7.82 Å². The van der Waals surface area contributed by atoms with Crippen molar-refractivity contribution in [2.75, 3.05) is 6.54 Å². The number of rotatable bonds is 10. The Labute approximate surface area is 166 Å². The fourth-order valence-electron chi connectivity index (χ4n) is 1.97. The Kier molecular flexibility index (Phi) is 13.3. The molecule has 0 bridgehead atoms. The molecule has 1 atom stereocenters. The van der Waals surface area contributed by atoms with Crippen LogP contribution in [-0.4, -0.2) is 55.2 Å². The molecule has 1 aromatic rings. The summed E-state index contributed by atoms with van der Waals surface area (Å²) in [6, 6.07) is -1.02.